The minimum absolute atomic E-state index is 0.163. The largest absolute Gasteiger partial charge is 0.469 e. The summed E-state index contributed by atoms with van der Waals surface area (Å²) < 4.78 is 6.00. The molecule has 0 N–H and O–H groups in total. The van der Waals surface area contributed by atoms with Gasteiger partial charge in [0, 0.05) is 14.5 Å². The standard InChI is InChI=1S/C10H8Br2O3/c1-15-10(14)4-7-8(11)2-6(5-13)3-9(7)12/h2-3,5H,4H2,1H3. The smallest absolute Gasteiger partial charge is 0.310 e. The second-order valence-electron chi connectivity index (χ2n) is 2.83. The molecule has 0 aromatic heterocycles. The maximum absolute atomic E-state index is 11.1. The molecule has 0 aliphatic carbocycles. The Hall–Kier alpha value is -0.680. The molecule has 0 fully saturated rings. The van der Waals surface area contributed by atoms with Gasteiger partial charge < -0.3 is 4.74 Å². The zero-order chi connectivity index (χ0) is 11.4. The van der Waals surface area contributed by atoms with E-state index in [0.717, 1.165) is 11.8 Å². The SMILES string of the molecule is COC(=O)Cc1c(Br)cc(C=O)cc1Br. The molecule has 80 valence electrons. The van der Waals surface area contributed by atoms with Gasteiger partial charge in [-0.05, 0) is 17.7 Å². The Morgan fingerprint density at radius 2 is 1.93 bits per heavy atom. The van der Waals surface area contributed by atoms with Crippen LogP contribution >= 0.6 is 31.9 Å². The van der Waals surface area contributed by atoms with Gasteiger partial charge in [0.2, 0.25) is 0 Å². The van der Waals surface area contributed by atoms with Crippen molar-refractivity contribution in [3.8, 4) is 0 Å². The van der Waals surface area contributed by atoms with Gasteiger partial charge >= 0.3 is 5.97 Å². The molecule has 0 radical (unpaired) electrons. The zero-order valence-corrected chi connectivity index (χ0v) is 11.1. The molecule has 1 rings (SSSR count). The van der Waals surface area contributed by atoms with E-state index < -0.39 is 0 Å². The van der Waals surface area contributed by atoms with Crippen molar-refractivity contribution >= 4 is 44.1 Å². The number of carbonyl (C=O) groups is 2. The van der Waals surface area contributed by atoms with E-state index in [0.29, 0.717) is 14.5 Å². The van der Waals surface area contributed by atoms with E-state index in [9.17, 15) is 9.59 Å². The second-order valence-corrected chi connectivity index (χ2v) is 4.54. The van der Waals surface area contributed by atoms with Crippen LogP contribution in [0.25, 0.3) is 0 Å². The Morgan fingerprint density at radius 3 is 2.33 bits per heavy atom. The molecule has 0 aliphatic heterocycles. The normalized spacial score (nSPS) is 9.80. The fraction of sp³-hybridized carbons (Fsp3) is 0.200. The van der Waals surface area contributed by atoms with Gasteiger partial charge in [-0.15, -0.1) is 0 Å². The number of carbonyl (C=O) groups excluding carboxylic acids is 2. The highest BCUT2D eigenvalue weighted by molar-refractivity contribution is 9.11. The summed E-state index contributed by atoms with van der Waals surface area (Å²) in [5, 5.41) is 0. The molecule has 5 heteroatoms. The molecule has 1 aromatic rings. The van der Waals surface area contributed by atoms with E-state index in [-0.39, 0.29) is 12.4 Å². The van der Waals surface area contributed by atoms with Gasteiger partial charge in [-0.2, -0.15) is 0 Å². The maximum Gasteiger partial charge on any atom is 0.310 e. The summed E-state index contributed by atoms with van der Waals surface area (Å²) in [6.07, 6.45) is 0.911. The third-order valence-electron chi connectivity index (χ3n) is 1.85. The van der Waals surface area contributed by atoms with Crippen molar-refractivity contribution < 1.29 is 14.3 Å². The Balaban J connectivity index is 3.08. The first-order valence-electron chi connectivity index (χ1n) is 4.08. The summed E-state index contributed by atoms with van der Waals surface area (Å²) in [5.41, 5.74) is 1.31. The van der Waals surface area contributed by atoms with Crippen LogP contribution < -0.4 is 0 Å². The van der Waals surface area contributed by atoms with Crippen molar-refractivity contribution in [3.05, 3.63) is 32.2 Å². The number of benzene rings is 1. The van der Waals surface area contributed by atoms with Crippen molar-refractivity contribution in [1.29, 1.82) is 0 Å². The first kappa shape index (κ1) is 12.4. The number of aldehydes is 1. The number of hydrogen-bond donors (Lipinski definition) is 0. The number of esters is 1. The summed E-state index contributed by atoms with van der Waals surface area (Å²) in [5.74, 6) is -0.324. The molecule has 3 nitrogen and oxygen atoms in total. The average Bonchev–Trinajstić information content (AvgIpc) is 2.22. The van der Waals surface area contributed by atoms with E-state index in [1.807, 2.05) is 0 Å². The molecular formula is C10H8Br2O3. The summed E-state index contributed by atoms with van der Waals surface area (Å²) in [4.78, 5) is 21.7. The molecule has 0 aliphatic rings. The van der Waals surface area contributed by atoms with Crippen molar-refractivity contribution in [1.82, 2.24) is 0 Å². The summed E-state index contributed by atoms with van der Waals surface area (Å²) in [6.45, 7) is 0. The third kappa shape index (κ3) is 3.14. The lowest BCUT2D eigenvalue weighted by atomic mass is 10.1. The van der Waals surface area contributed by atoms with Crippen molar-refractivity contribution in [3.63, 3.8) is 0 Å². The molecule has 0 atom stereocenters. The first-order valence-corrected chi connectivity index (χ1v) is 5.67. The molecule has 0 saturated heterocycles. The summed E-state index contributed by atoms with van der Waals surface area (Å²) in [6, 6.07) is 3.33. The Labute approximate surface area is 104 Å². The average molecular weight is 336 g/mol. The van der Waals surface area contributed by atoms with E-state index in [4.69, 9.17) is 0 Å². The van der Waals surface area contributed by atoms with Crippen LogP contribution in [-0.4, -0.2) is 19.4 Å². The highest BCUT2D eigenvalue weighted by atomic mass is 79.9. The monoisotopic (exact) mass is 334 g/mol. The summed E-state index contributed by atoms with van der Waals surface area (Å²) >= 11 is 6.60. The minimum atomic E-state index is -0.324. The fourth-order valence-corrected chi connectivity index (χ4v) is 2.58. The van der Waals surface area contributed by atoms with Crippen molar-refractivity contribution in [2.75, 3.05) is 7.11 Å². The molecule has 0 heterocycles. The van der Waals surface area contributed by atoms with Gasteiger partial charge in [-0.1, -0.05) is 31.9 Å². The third-order valence-corrected chi connectivity index (χ3v) is 3.26. The Bertz CT molecular complexity index is 379. The highest BCUT2D eigenvalue weighted by Crippen LogP contribution is 2.27. The van der Waals surface area contributed by atoms with Crippen LogP contribution in [0.5, 0.6) is 0 Å². The lowest BCUT2D eigenvalue weighted by molar-refractivity contribution is -0.139. The van der Waals surface area contributed by atoms with Gasteiger partial charge in [0.05, 0.1) is 13.5 Å². The quantitative estimate of drug-likeness (QED) is 0.630. The van der Waals surface area contributed by atoms with Crippen LogP contribution in [0.3, 0.4) is 0 Å². The van der Waals surface area contributed by atoms with E-state index >= 15 is 0 Å². The Morgan fingerprint density at radius 1 is 1.40 bits per heavy atom. The van der Waals surface area contributed by atoms with Crippen LogP contribution in [0, 0.1) is 0 Å². The van der Waals surface area contributed by atoms with Crippen LogP contribution in [0.1, 0.15) is 15.9 Å². The van der Waals surface area contributed by atoms with Gasteiger partial charge in [-0.3, -0.25) is 9.59 Å². The molecule has 0 amide bonds. The second kappa shape index (κ2) is 5.42. The van der Waals surface area contributed by atoms with Crippen molar-refractivity contribution in [2.45, 2.75) is 6.42 Å². The Kier molecular flexibility index (Phi) is 4.47. The molecule has 0 saturated carbocycles. The molecule has 0 bridgehead atoms. The maximum atomic E-state index is 11.1. The van der Waals surface area contributed by atoms with Gasteiger partial charge in [0.15, 0.2) is 0 Å². The minimum Gasteiger partial charge on any atom is -0.469 e. The number of methoxy groups -OCH3 is 1. The molecule has 15 heavy (non-hydrogen) atoms. The lowest BCUT2D eigenvalue weighted by Gasteiger charge is -2.06. The highest BCUT2D eigenvalue weighted by Gasteiger charge is 2.11. The van der Waals surface area contributed by atoms with E-state index in [1.54, 1.807) is 12.1 Å². The number of halogens is 2. The predicted molar refractivity (Wildman–Crippen MR) is 62.9 cm³/mol. The lowest BCUT2D eigenvalue weighted by Crippen LogP contribution is -2.06. The number of ether oxygens (including phenoxy) is 1. The fourth-order valence-electron chi connectivity index (χ4n) is 1.08. The molecule has 1 aromatic carbocycles. The summed E-state index contributed by atoms with van der Waals surface area (Å²) in [7, 11) is 1.34. The number of rotatable bonds is 3. The molecule has 0 unspecified atom stereocenters. The van der Waals surface area contributed by atoms with Crippen LogP contribution in [0.4, 0.5) is 0 Å². The van der Waals surface area contributed by atoms with Crippen LogP contribution in [-0.2, 0) is 16.0 Å². The van der Waals surface area contributed by atoms with Gasteiger partial charge in [0.1, 0.15) is 6.29 Å². The first-order chi connectivity index (χ1) is 7.08. The van der Waals surface area contributed by atoms with E-state index in [1.165, 1.54) is 7.11 Å². The zero-order valence-electron chi connectivity index (χ0n) is 7.92. The molecule has 0 spiro atoms. The van der Waals surface area contributed by atoms with Crippen molar-refractivity contribution in [2.24, 2.45) is 0 Å². The predicted octanol–water partition coefficient (Wildman–Crippen LogP) is 2.74. The van der Waals surface area contributed by atoms with Crippen LogP contribution in [0.2, 0.25) is 0 Å². The van der Waals surface area contributed by atoms with Gasteiger partial charge in [0.25, 0.3) is 0 Å². The van der Waals surface area contributed by atoms with Gasteiger partial charge in [-0.25, -0.2) is 0 Å². The van der Waals surface area contributed by atoms with Crippen LogP contribution in [0.15, 0.2) is 21.1 Å². The number of hydrogen-bond acceptors (Lipinski definition) is 3. The van der Waals surface area contributed by atoms with E-state index in [2.05, 4.69) is 36.6 Å². The molecular weight excluding hydrogens is 328 g/mol. The topological polar surface area (TPSA) is 43.4 Å².